The first-order chi connectivity index (χ1) is 11.2. The standard InChI is InChI=1S/C19H21N3O/c1-3-4-5-18-17(12-14(2)19(23)21-18)15-6-8-16(9-7-15)22-11-10-20-13-22/h6-13H,3-5H2,1-2H3,(H,21,23). The number of aryl methyl sites for hydroxylation is 2. The van der Waals surface area contributed by atoms with E-state index in [0.717, 1.165) is 47.3 Å². The van der Waals surface area contributed by atoms with Crippen molar-refractivity contribution in [1.82, 2.24) is 14.5 Å². The second-order valence-corrected chi connectivity index (χ2v) is 5.79. The van der Waals surface area contributed by atoms with E-state index in [0.29, 0.717) is 0 Å². The molecular weight excluding hydrogens is 286 g/mol. The summed E-state index contributed by atoms with van der Waals surface area (Å²) >= 11 is 0. The quantitative estimate of drug-likeness (QED) is 0.777. The molecule has 4 nitrogen and oxygen atoms in total. The number of rotatable bonds is 5. The van der Waals surface area contributed by atoms with Crippen LogP contribution in [-0.4, -0.2) is 14.5 Å². The maximum absolute atomic E-state index is 11.9. The van der Waals surface area contributed by atoms with Crippen LogP contribution in [0.15, 0.2) is 53.8 Å². The molecule has 0 spiro atoms. The molecule has 0 amide bonds. The molecule has 0 aliphatic rings. The summed E-state index contributed by atoms with van der Waals surface area (Å²) in [6, 6.07) is 10.3. The molecule has 0 aliphatic carbocycles. The van der Waals surface area contributed by atoms with Crippen molar-refractivity contribution in [3.05, 3.63) is 70.7 Å². The molecule has 1 aromatic carbocycles. The van der Waals surface area contributed by atoms with Crippen molar-refractivity contribution in [3.63, 3.8) is 0 Å². The summed E-state index contributed by atoms with van der Waals surface area (Å²) in [6.45, 7) is 4.01. The molecule has 0 saturated carbocycles. The van der Waals surface area contributed by atoms with Crippen molar-refractivity contribution >= 4 is 0 Å². The molecule has 0 atom stereocenters. The molecule has 2 heterocycles. The van der Waals surface area contributed by atoms with Gasteiger partial charge in [0, 0.05) is 34.9 Å². The average Bonchev–Trinajstić information content (AvgIpc) is 3.10. The van der Waals surface area contributed by atoms with E-state index in [1.54, 1.807) is 12.5 Å². The van der Waals surface area contributed by atoms with Crippen LogP contribution in [0.3, 0.4) is 0 Å². The molecule has 23 heavy (non-hydrogen) atoms. The molecule has 0 unspecified atom stereocenters. The molecule has 4 heteroatoms. The van der Waals surface area contributed by atoms with Crippen LogP contribution in [0.1, 0.15) is 31.0 Å². The minimum atomic E-state index is 0.00916. The zero-order chi connectivity index (χ0) is 16.2. The average molecular weight is 307 g/mol. The van der Waals surface area contributed by atoms with Gasteiger partial charge in [0.15, 0.2) is 0 Å². The second-order valence-electron chi connectivity index (χ2n) is 5.79. The highest BCUT2D eigenvalue weighted by atomic mass is 16.1. The Labute approximate surface area is 135 Å². The molecule has 0 saturated heterocycles. The van der Waals surface area contributed by atoms with Gasteiger partial charge in [0.05, 0.1) is 6.33 Å². The lowest BCUT2D eigenvalue weighted by Crippen LogP contribution is -2.13. The van der Waals surface area contributed by atoms with Crippen molar-refractivity contribution in [1.29, 1.82) is 0 Å². The van der Waals surface area contributed by atoms with Crippen LogP contribution in [0.25, 0.3) is 16.8 Å². The molecule has 2 aromatic heterocycles. The smallest absolute Gasteiger partial charge is 0.251 e. The highest BCUT2D eigenvalue weighted by molar-refractivity contribution is 5.67. The Kier molecular flexibility index (Phi) is 4.42. The number of nitrogens with zero attached hydrogens (tertiary/aromatic N) is 2. The van der Waals surface area contributed by atoms with Gasteiger partial charge in [0.25, 0.3) is 5.56 Å². The summed E-state index contributed by atoms with van der Waals surface area (Å²) in [4.78, 5) is 19.1. The number of pyridine rings is 1. The number of benzene rings is 1. The van der Waals surface area contributed by atoms with E-state index in [4.69, 9.17) is 0 Å². The zero-order valence-corrected chi connectivity index (χ0v) is 13.5. The van der Waals surface area contributed by atoms with Gasteiger partial charge in [-0.2, -0.15) is 0 Å². The monoisotopic (exact) mass is 307 g/mol. The van der Waals surface area contributed by atoms with Gasteiger partial charge in [-0.25, -0.2) is 4.98 Å². The normalized spacial score (nSPS) is 10.9. The van der Waals surface area contributed by atoms with Gasteiger partial charge in [-0.05, 0) is 43.5 Å². The van der Waals surface area contributed by atoms with Crippen molar-refractivity contribution < 1.29 is 0 Å². The molecular formula is C19H21N3O. The minimum absolute atomic E-state index is 0.00916. The lowest BCUT2D eigenvalue weighted by Gasteiger charge is -2.11. The Balaban J connectivity index is 2.00. The van der Waals surface area contributed by atoms with Gasteiger partial charge in [-0.1, -0.05) is 25.5 Å². The summed E-state index contributed by atoms with van der Waals surface area (Å²) in [7, 11) is 0. The maximum atomic E-state index is 11.9. The van der Waals surface area contributed by atoms with Crippen LogP contribution < -0.4 is 5.56 Å². The van der Waals surface area contributed by atoms with Crippen LogP contribution >= 0.6 is 0 Å². The number of H-pyrrole nitrogens is 1. The van der Waals surface area contributed by atoms with Crippen molar-refractivity contribution in [2.24, 2.45) is 0 Å². The summed E-state index contributed by atoms with van der Waals surface area (Å²) in [6.07, 6.45) is 8.54. The first kappa shape index (κ1) is 15.3. The SMILES string of the molecule is CCCCc1[nH]c(=O)c(C)cc1-c1ccc(-n2ccnc2)cc1. The zero-order valence-electron chi connectivity index (χ0n) is 13.5. The van der Waals surface area contributed by atoms with Crippen molar-refractivity contribution in [3.8, 4) is 16.8 Å². The highest BCUT2D eigenvalue weighted by Crippen LogP contribution is 2.25. The van der Waals surface area contributed by atoms with Crippen LogP contribution in [0.2, 0.25) is 0 Å². The summed E-state index contributed by atoms with van der Waals surface area (Å²) < 4.78 is 1.97. The van der Waals surface area contributed by atoms with Crippen molar-refractivity contribution in [2.75, 3.05) is 0 Å². The Hall–Kier alpha value is -2.62. The lowest BCUT2D eigenvalue weighted by atomic mass is 9.99. The summed E-state index contributed by atoms with van der Waals surface area (Å²) in [5.41, 5.74) is 5.10. The van der Waals surface area contributed by atoms with Crippen molar-refractivity contribution in [2.45, 2.75) is 33.1 Å². The van der Waals surface area contributed by atoms with Gasteiger partial charge >= 0.3 is 0 Å². The van der Waals surface area contributed by atoms with Gasteiger partial charge in [0.1, 0.15) is 0 Å². The number of hydrogen-bond acceptors (Lipinski definition) is 2. The topological polar surface area (TPSA) is 50.7 Å². The number of unbranched alkanes of at least 4 members (excludes halogenated alkanes) is 1. The van der Waals surface area contributed by atoms with E-state index in [1.807, 2.05) is 23.8 Å². The summed E-state index contributed by atoms with van der Waals surface area (Å²) in [5, 5.41) is 0. The maximum Gasteiger partial charge on any atom is 0.251 e. The van der Waals surface area contributed by atoms with Crippen LogP contribution in [0.5, 0.6) is 0 Å². The number of aromatic amines is 1. The first-order valence-corrected chi connectivity index (χ1v) is 8.00. The van der Waals surface area contributed by atoms with E-state index in [2.05, 4.69) is 41.2 Å². The Morgan fingerprint density at radius 1 is 1.22 bits per heavy atom. The molecule has 3 aromatic rings. The fourth-order valence-electron chi connectivity index (χ4n) is 2.71. The van der Waals surface area contributed by atoms with E-state index < -0.39 is 0 Å². The second kappa shape index (κ2) is 6.65. The Morgan fingerprint density at radius 2 is 2.00 bits per heavy atom. The van der Waals surface area contributed by atoms with E-state index >= 15 is 0 Å². The third-order valence-electron chi connectivity index (χ3n) is 4.07. The molecule has 118 valence electrons. The minimum Gasteiger partial charge on any atom is -0.325 e. The number of hydrogen-bond donors (Lipinski definition) is 1. The molecule has 3 rings (SSSR count). The third-order valence-corrected chi connectivity index (χ3v) is 4.07. The third kappa shape index (κ3) is 3.26. The highest BCUT2D eigenvalue weighted by Gasteiger charge is 2.09. The summed E-state index contributed by atoms with van der Waals surface area (Å²) in [5.74, 6) is 0. The fourth-order valence-corrected chi connectivity index (χ4v) is 2.71. The lowest BCUT2D eigenvalue weighted by molar-refractivity contribution is 0.774. The number of aromatic nitrogens is 3. The van der Waals surface area contributed by atoms with Gasteiger partial charge in [0.2, 0.25) is 0 Å². The molecule has 0 aliphatic heterocycles. The molecule has 1 N–H and O–H groups in total. The van der Waals surface area contributed by atoms with Crippen LogP contribution in [0.4, 0.5) is 0 Å². The predicted molar refractivity (Wildman–Crippen MR) is 93.0 cm³/mol. The fraction of sp³-hybridized carbons (Fsp3) is 0.263. The van der Waals surface area contributed by atoms with Gasteiger partial charge in [-0.15, -0.1) is 0 Å². The predicted octanol–water partition coefficient (Wildman–Crippen LogP) is 3.88. The van der Waals surface area contributed by atoms with E-state index in [1.165, 1.54) is 0 Å². The van der Waals surface area contributed by atoms with Crippen LogP contribution in [0, 0.1) is 6.92 Å². The van der Waals surface area contributed by atoms with E-state index in [-0.39, 0.29) is 5.56 Å². The largest absolute Gasteiger partial charge is 0.325 e. The number of nitrogens with one attached hydrogen (secondary N) is 1. The molecule has 0 bridgehead atoms. The van der Waals surface area contributed by atoms with Gasteiger partial charge in [-0.3, -0.25) is 4.79 Å². The molecule has 0 fully saturated rings. The number of imidazole rings is 1. The van der Waals surface area contributed by atoms with Crippen LogP contribution in [-0.2, 0) is 6.42 Å². The van der Waals surface area contributed by atoms with E-state index in [9.17, 15) is 4.79 Å². The Bertz CT molecular complexity index is 830. The Morgan fingerprint density at radius 3 is 2.65 bits per heavy atom. The van der Waals surface area contributed by atoms with Gasteiger partial charge < -0.3 is 9.55 Å². The first-order valence-electron chi connectivity index (χ1n) is 8.00. The molecule has 0 radical (unpaired) electrons.